The third-order valence-corrected chi connectivity index (χ3v) is 7.40. The largest absolute Gasteiger partial charge is 0.468 e. The number of nitrogens with one attached hydrogen (secondary N) is 4. The summed E-state index contributed by atoms with van der Waals surface area (Å²) in [4.78, 5) is 53.9. The van der Waals surface area contributed by atoms with Crippen LogP contribution in [0, 0.1) is 0 Å². The monoisotopic (exact) mass is 648 g/mol. The van der Waals surface area contributed by atoms with Crippen molar-refractivity contribution in [1.82, 2.24) is 31.4 Å². The van der Waals surface area contributed by atoms with Crippen molar-refractivity contribution in [3.63, 3.8) is 0 Å². The van der Waals surface area contributed by atoms with Crippen LogP contribution in [0.3, 0.4) is 0 Å². The number of amides is 2. The Labute approximate surface area is 275 Å². The number of nitrogens with zero attached hydrogens (tertiary/aromatic N) is 2. The third-order valence-electron chi connectivity index (χ3n) is 7.40. The molecule has 0 bridgehead atoms. The Balaban J connectivity index is 1.80. The molecule has 13 heteroatoms. The number of carbonyl (C=O) groups is 4. The molecule has 0 saturated carbocycles. The summed E-state index contributed by atoms with van der Waals surface area (Å²) in [6.07, 6.45) is 0.880. The minimum Gasteiger partial charge on any atom is -0.468 e. The topological polar surface area (TPSA) is 171 Å². The van der Waals surface area contributed by atoms with Gasteiger partial charge in [0.05, 0.1) is 57.2 Å². The average molecular weight is 649 g/mol. The molecule has 4 atom stereocenters. The number of hydrazine groups is 1. The molecule has 3 rings (SSSR count). The van der Waals surface area contributed by atoms with Gasteiger partial charge in [0.15, 0.2) is 0 Å². The maximum absolute atomic E-state index is 13.2. The summed E-state index contributed by atoms with van der Waals surface area (Å²) < 4.78 is 9.29. The van der Waals surface area contributed by atoms with Crippen LogP contribution in [0.2, 0.25) is 0 Å². The molecule has 0 spiro atoms. The molecule has 47 heavy (non-hydrogen) atoms. The molecule has 13 nitrogen and oxygen atoms in total. The minimum atomic E-state index is -1.14. The zero-order chi connectivity index (χ0) is 34.2. The van der Waals surface area contributed by atoms with E-state index in [1.54, 1.807) is 25.1 Å². The van der Waals surface area contributed by atoms with Crippen LogP contribution < -0.4 is 21.4 Å². The number of benzene rings is 2. The fourth-order valence-electron chi connectivity index (χ4n) is 4.55. The van der Waals surface area contributed by atoms with Crippen molar-refractivity contribution in [1.29, 1.82) is 0 Å². The number of rotatable bonds is 18. The summed E-state index contributed by atoms with van der Waals surface area (Å²) in [5, 5.41) is 21.7. The van der Waals surface area contributed by atoms with Crippen molar-refractivity contribution in [2.45, 2.75) is 51.0 Å². The van der Waals surface area contributed by atoms with Gasteiger partial charge in [0.25, 0.3) is 5.91 Å². The van der Waals surface area contributed by atoms with E-state index in [0.717, 1.165) is 22.4 Å². The van der Waals surface area contributed by atoms with Gasteiger partial charge in [-0.15, -0.1) is 0 Å². The number of ether oxygens (including phenoxy) is 2. The van der Waals surface area contributed by atoms with E-state index in [1.807, 2.05) is 72.8 Å². The van der Waals surface area contributed by atoms with Crippen molar-refractivity contribution in [2.24, 2.45) is 0 Å². The second-order valence-electron chi connectivity index (χ2n) is 11.0. The van der Waals surface area contributed by atoms with E-state index < -0.39 is 48.0 Å². The zero-order valence-electron chi connectivity index (χ0n) is 27.1. The number of aliphatic hydroxyl groups excluding tert-OH is 1. The minimum absolute atomic E-state index is 0.0563. The number of esters is 2. The van der Waals surface area contributed by atoms with Crippen LogP contribution >= 0.6 is 0 Å². The van der Waals surface area contributed by atoms with E-state index in [2.05, 4.69) is 35.8 Å². The highest BCUT2D eigenvalue weighted by atomic mass is 16.5. The Bertz CT molecular complexity index is 1430. The first-order valence-electron chi connectivity index (χ1n) is 15.3. The Morgan fingerprint density at radius 2 is 1.38 bits per heavy atom. The smallest absolute Gasteiger partial charge is 0.319 e. The molecule has 0 aliphatic carbocycles. The number of hydrogen-bond donors (Lipinski definition) is 5. The number of pyridine rings is 1. The molecule has 0 radical (unpaired) electrons. The highest BCUT2D eigenvalue weighted by Gasteiger charge is 2.28. The van der Waals surface area contributed by atoms with E-state index in [1.165, 1.54) is 14.2 Å². The molecule has 0 fully saturated rings. The van der Waals surface area contributed by atoms with Crippen LogP contribution in [0.5, 0.6) is 0 Å². The lowest BCUT2D eigenvalue weighted by Gasteiger charge is -2.32. The number of hydrogen-bond acceptors (Lipinski definition) is 11. The van der Waals surface area contributed by atoms with E-state index in [-0.39, 0.29) is 26.2 Å². The van der Waals surface area contributed by atoms with E-state index in [4.69, 9.17) is 0 Å². The standard InChI is InChI=1S/C34H44N6O7/c1-23(36-19-31(42)46-3)33(44)38-29(18-25-10-6-5-7-11-25)30(41)22-40(39-34(45)24(2)37-20-32(43)47-4)21-26-13-15-27(16-14-26)28-12-8-9-17-35-28/h5-17,23-24,29-30,36-37,41H,18-22H2,1-4H3,(H,38,44)(H,39,45)/t23-,24-,29-,30-/m0/s1. The number of aromatic nitrogens is 1. The Morgan fingerprint density at radius 1 is 0.787 bits per heavy atom. The van der Waals surface area contributed by atoms with E-state index in [0.29, 0.717) is 6.42 Å². The van der Waals surface area contributed by atoms with Gasteiger partial charge < -0.3 is 19.9 Å². The van der Waals surface area contributed by atoms with Crippen molar-refractivity contribution in [2.75, 3.05) is 33.9 Å². The summed E-state index contributed by atoms with van der Waals surface area (Å²) in [6.45, 7) is 3.06. The molecule has 0 unspecified atom stereocenters. The number of methoxy groups -OCH3 is 2. The van der Waals surface area contributed by atoms with Crippen molar-refractivity contribution < 1.29 is 33.8 Å². The normalized spacial score (nSPS) is 13.6. The summed E-state index contributed by atoms with van der Waals surface area (Å²) in [5.74, 6) is -1.88. The molecular weight excluding hydrogens is 604 g/mol. The van der Waals surface area contributed by atoms with Crippen LogP contribution in [0.25, 0.3) is 11.3 Å². The SMILES string of the molecule is COC(=O)CN[C@@H](C)C(=O)N[C@@H](Cc1ccccc1)[C@@H](O)CN(Cc1ccc(-c2ccccn2)cc1)NC(=O)[C@H](C)NCC(=O)OC. The molecule has 2 amide bonds. The Hall–Kier alpha value is -4.69. The summed E-state index contributed by atoms with van der Waals surface area (Å²) in [6, 6.07) is 20.4. The second kappa shape index (κ2) is 19.1. The first-order valence-corrected chi connectivity index (χ1v) is 15.3. The molecule has 3 aromatic rings. The maximum atomic E-state index is 13.2. The predicted molar refractivity (Wildman–Crippen MR) is 175 cm³/mol. The lowest BCUT2D eigenvalue weighted by atomic mass is 10.00. The highest BCUT2D eigenvalue weighted by Crippen LogP contribution is 2.18. The summed E-state index contributed by atoms with van der Waals surface area (Å²) in [5.41, 5.74) is 6.32. The first kappa shape index (κ1) is 36.8. The molecule has 0 saturated heterocycles. The molecule has 0 aliphatic rings. The lowest BCUT2D eigenvalue weighted by Crippen LogP contribution is -2.57. The first-order chi connectivity index (χ1) is 22.6. The molecule has 2 aromatic carbocycles. The summed E-state index contributed by atoms with van der Waals surface area (Å²) >= 11 is 0. The molecule has 252 valence electrons. The van der Waals surface area contributed by atoms with Crippen molar-refractivity contribution in [3.8, 4) is 11.3 Å². The van der Waals surface area contributed by atoms with Gasteiger partial charge in [0.1, 0.15) is 0 Å². The molecule has 1 aromatic heterocycles. The molecular formula is C34H44N6O7. The van der Waals surface area contributed by atoms with Gasteiger partial charge in [0.2, 0.25) is 5.91 Å². The molecule has 0 aliphatic heterocycles. The zero-order valence-corrected chi connectivity index (χ0v) is 27.1. The number of carbonyl (C=O) groups excluding carboxylic acids is 4. The van der Waals surface area contributed by atoms with Crippen LogP contribution in [-0.2, 0) is 41.6 Å². The van der Waals surface area contributed by atoms with Gasteiger partial charge in [-0.05, 0) is 43.5 Å². The highest BCUT2D eigenvalue weighted by molar-refractivity contribution is 5.83. The van der Waals surface area contributed by atoms with E-state index >= 15 is 0 Å². The second-order valence-corrected chi connectivity index (χ2v) is 11.0. The summed E-state index contributed by atoms with van der Waals surface area (Å²) in [7, 11) is 2.52. The Kier molecular flexibility index (Phi) is 14.9. The van der Waals surface area contributed by atoms with Gasteiger partial charge >= 0.3 is 11.9 Å². The molecule has 5 N–H and O–H groups in total. The van der Waals surface area contributed by atoms with Gasteiger partial charge in [-0.2, -0.15) is 0 Å². The van der Waals surface area contributed by atoms with Gasteiger partial charge in [-0.3, -0.25) is 40.2 Å². The quantitative estimate of drug-likeness (QED) is 0.0984. The van der Waals surface area contributed by atoms with Crippen LogP contribution in [0.1, 0.15) is 25.0 Å². The van der Waals surface area contributed by atoms with Crippen LogP contribution in [-0.4, -0.2) is 96.9 Å². The van der Waals surface area contributed by atoms with Crippen LogP contribution in [0.4, 0.5) is 0 Å². The van der Waals surface area contributed by atoms with Gasteiger partial charge in [-0.25, -0.2) is 5.01 Å². The van der Waals surface area contributed by atoms with Gasteiger partial charge in [-0.1, -0.05) is 60.7 Å². The Morgan fingerprint density at radius 3 is 1.96 bits per heavy atom. The maximum Gasteiger partial charge on any atom is 0.319 e. The lowest BCUT2D eigenvalue weighted by molar-refractivity contribution is -0.141. The fourth-order valence-corrected chi connectivity index (χ4v) is 4.55. The number of aliphatic hydroxyl groups is 1. The molecule has 1 heterocycles. The van der Waals surface area contributed by atoms with Crippen molar-refractivity contribution in [3.05, 3.63) is 90.1 Å². The van der Waals surface area contributed by atoms with Crippen molar-refractivity contribution >= 4 is 23.8 Å². The van der Waals surface area contributed by atoms with Crippen LogP contribution in [0.15, 0.2) is 79.0 Å². The average Bonchev–Trinajstić information content (AvgIpc) is 3.09. The van der Waals surface area contributed by atoms with E-state index in [9.17, 15) is 24.3 Å². The fraction of sp³-hybridized carbons (Fsp3) is 0.382. The third kappa shape index (κ3) is 12.6. The predicted octanol–water partition coefficient (Wildman–Crippen LogP) is 0.972. The van der Waals surface area contributed by atoms with Gasteiger partial charge in [0, 0.05) is 24.8 Å².